The molecule has 2 aromatic rings. The summed E-state index contributed by atoms with van der Waals surface area (Å²) < 4.78 is 13.9. The van der Waals surface area contributed by atoms with Gasteiger partial charge in [-0.25, -0.2) is 14.4 Å². The van der Waals surface area contributed by atoms with Gasteiger partial charge in [0.1, 0.15) is 11.9 Å². The molecule has 0 aliphatic rings. The summed E-state index contributed by atoms with van der Waals surface area (Å²) in [5.41, 5.74) is 0.953. The molecule has 2 rings (SSSR count). The maximum absolute atomic E-state index is 13.1. The number of nitrogens with zero attached hydrogens (tertiary/aromatic N) is 3. The van der Waals surface area contributed by atoms with Gasteiger partial charge in [-0.15, -0.1) is 0 Å². The Balaban J connectivity index is 2.17. The molecule has 0 aliphatic carbocycles. The van der Waals surface area contributed by atoms with E-state index in [1.165, 1.54) is 24.5 Å². The maximum Gasteiger partial charge on any atom is 0.182 e. The summed E-state index contributed by atoms with van der Waals surface area (Å²) in [5, 5.41) is 11.8. The van der Waals surface area contributed by atoms with Crippen LogP contribution in [0.25, 0.3) is 0 Å². The molecular formula is C12H8BrFN4. The molecule has 0 radical (unpaired) electrons. The predicted molar refractivity (Wildman–Crippen MR) is 68.2 cm³/mol. The van der Waals surface area contributed by atoms with Crippen LogP contribution in [0, 0.1) is 17.1 Å². The van der Waals surface area contributed by atoms with E-state index in [4.69, 9.17) is 5.26 Å². The summed E-state index contributed by atoms with van der Waals surface area (Å²) in [5.74, 6) is 0.0748. The predicted octanol–water partition coefficient (Wildman–Crippen LogP) is 2.86. The Labute approximate surface area is 112 Å². The molecule has 0 fully saturated rings. The van der Waals surface area contributed by atoms with Crippen LogP contribution in [0.2, 0.25) is 0 Å². The van der Waals surface area contributed by atoms with Crippen LogP contribution >= 0.6 is 15.9 Å². The molecule has 0 saturated heterocycles. The number of rotatable bonds is 3. The first-order chi connectivity index (χ1) is 8.70. The van der Waals surface area contributed by atoms with Crippen LogP contribution in [0.3, 0.4) is 0 Å². The van der Waals surface area contributed by atoms with E-state index < -0.39 is 0 Å². The number of hydrogen-bond donors (Lipinski definition) is 1. The van der Waals surface area contributed by atoms with Crippen molar-refractivity contribution in [3.63, 3.8) is 0 Å². The highest BCUT2D eigenvalue weighted by atomic mass is 79.9. The van der Waals surface area contributed by atoms with Gasteiger partial charge < -0.3 is 5.32 Å². The van der Waals surface area contributed by atoms with Crippen LogP contribution in [0.1, 0.15) is 11.3 Å². The molecule has 0 bridgehead atoms. The Hall–Kier alpha value is -2.00. The molecule has 1 heterocycles. The van der Waals surface area contributed by atoms with Gasteiger partial charge in [0.15, 0.2) is 11.5 Å². The first-order valence-corrected chi connectivity index (χ1v) is 5.89. The minimum Gasteiger partial charge on any atom is -0.364 e. The molecule has 0 spiro atoms. The molecule has 0 unspecified atom stereocenters. The number of aromatic nitrogens is 2. The highest BCUT2D eigenvalue weighted by Gasteiger charge is 2.06. The van der Waals surface area contributed by atoms with Gasteiger partial charge in [0.25, 0.3) is 0 Å². The number of benzene rings is 1. The molecule has 18 heavy (non-hydrogen) atoms. The second-order valence-electron chi connectivity index (χ2n) is 3.45. The average Bonchev–Trinajstić information content (AvgIpc) is 2.40. The van der Waals surface area contributed by atoms with Crippen LogP contribution in [-0.4, -0.2) is 9.97 Å². The fourth-order valence-corrected chi connectivity index (χ4v) is 1.79. The molecule has 0 saturated carbocycles. The summed E-state index contributed by atoms with van der Waals surface area (Å²) in [6, 6.07) is 6.36. The van der Waals surface area contributed by atoms with Crippen molar-refractivity contribution in [3.8, 4) is 6.07 Å². The third kappa shape index (κ3) is 2.81. The molecule has 0 amide bonds. The molecule has 1 aromatic carbocycles. The molecule has 0 aliphatic heterocycles. The van der Waals surface area contributed by atoms with Crippen LogP contribution in [0.4, 0.5) is 10.2 Å². The van der Waals surface area contributed by atoms with E-state index in [0.717, 1.165) is 10.0 Å². The van der Waals surface area contributed by atoms with E-state index >= 15 is 0 Å². The smallest absolute Gasteiger partial charge is 0.182 e. The minimum atomic E-state index is -0.311. The van der Waals surface area contributed by atoms with Crippen LogP contribution in [0.15, 0.2) is 35.1 Å². The van der Waals surface area contributed by atoms with Gasteiger partial charge in [-0.2, -0.15) is 5.26 Å². The third-order valence-corrected chi connectivity index (χ3v) is 3.03. The van der Waals surface area contributed by atoms with Gasteiger partial charge in [-0.05, 0) is 23.8 Å². The number of anilines is 1. The summed E-state index contributed by atoms with van der Waals surface area (Å²) >= 11 is 3.33. The molecule has 4 nitrogen and oxygen atoms in total. The van der Waals surface area contributed by atoms with E-state index in [0.29, 0.717) is 12.4 Å². The van der Waals surface area contributed by atoms with Crippen LogP contribution in [-0.2, 0) is 6.54 Å². The van der Waals surface area contributed by atoms with E-state index in [1.807, 2.05) is 6.07 Å². The van der Waals surface area contributed by atoms with Crippen molar-refractivity contribution in [3.05, 3.63) is 52.1 Å². The zero-order valence-corrected chi connectivity index (χ0v) is 10.8. The number of nitriles is 1. The number of hydrogen-bond acceptors (Lipinski definition) is 4. The zero-order valence-electron chi connectivity index (χ0n) is 9.19. The average molecular weight is 307 g/mol. The lowest BCUT2D eigenvalue weighted by Crippen LogP contribution is -2.05. The standard InChI is InChI=1S/C12H8BrFN4/c13-10-2-1-9(14)5-8(10)7-18-12-11(6-15)16-3-4-17-12/h1-5H,7H2,(H,17,18). The summed E-state index contributed by atoms with van der Waals surface area (Å²) in [4.78, 5) is 7.89. The Morgan fingerprint density at radius 3 is 2.89 bits per heavy atom. The van der Waals surface area contributed by atoms with Gasteiger partial charge >= 0.3 is 0 Å². The van der Waals surface area contributed by atoms with Crippen molar-refractivity contribution >= 4 is 21.7 Å². The monoisotopic (exact) mass is 306 g/mol. The molecule has 1 N–H and O–H groups in total. The first-order valence-electron chi connectivity index (χ1n) is 5.09. The Kier molecular flexibility index (Phi) is 3.85. The molecule has 1 aromatic heterocycles. The molecule has 90 valence electrons. The lowest BCUT2D eigenvalue weighted by atomic mass is 10.2. The topological polar surface area (TPSA) is 61.6 Å². The number of halogens is 2. The summed E-state index contributed by atoms with van der Waals surface area (Å²) in [6.45, 7) is 0.353. The van der Waals surface area contributed by atoms with Gasteiger partial charge in [0.2, 0.25) is 0 Å². The Morgan fingerprint density at radius 1 is 1.33 bits per heavy atom. The Morgan fingerprint density at radius 2 is 2.11 bits per heavy atom. The van der Waals surface area contributed by atoms with Crippen molar-refractivity contribution in [2.24, 2.45) is 0 Å². The minimum absolute atomic E-state index is 0.213. The number of nitrogens with one attached hydrogen (secondary N) is 1. The van der Waals surface area contributed by atoms with Gasteiger partial charge in [-0.3, -0.25) is 0 Å². The van der Waals surface area contributed by atoms with E-state index in [1.54, 1.807) is 6.07 Å². The van der Waals surface area contributed by atoms with E-state index in [-0.39, 0.29) is 11.5 Å². The van der Waals surface area contributed by atoms with Crippen molar-refractivity contribution in [2.75, 3.05) is 5.32 Å². The largest absolute Gasteiger partial charge is 0.364 e. The maximum atomic E-state index is 13.1. The van der Waals surface area contributed by atoms with Crippen molar-refractivity contribution in [2.45, 2.75) is 6.54 Å². The summed E-state index contributed by atoms with van der Waals surface area (Å²) in [7, 11) is 0. The summed E-state index contributed by atoms with van der Waals surface area (Å²) in [6.07, 6.45) is 2.94. The van der Waals surface area contributed by atoms with Gasteiger partial charge in [-0.1, -0.05) is 15.9 Å². The molecule has 6 heteroatoms. The molecular weight excluding hydrogens is 299 g/mol. The lowest BCUT2D eigenvalue weighted by molar-refractivity contribution is 0.625. The zero-order chi connectivity index (χ0) is 13.0. The Bertz CT molecular complexity index is 609. The highest BCUT2D eigenvalue weighted by molar-refractivity contribution is 9.10. The lowest BCUT2D eigenvalue weighted by Gasteiger charge is -2.08. The van der Waals surface area contributed by atoms with Crippen molar-refractivity contribution in [1.29, 1.82) is 5.26 Å². The normalized spacial score (nSPS) is 9.83. The first kappa shape index (κ1) is 12.5. The van der Waals surface area contributed by atoms with Crippen molar-refractivity contribution in [1.82, 2.24) is 9.97 Å². The third-order valence-electron chi connectivity index (χ3n) is 2.26. The van der Waals surface area contributed by atoms with Crippen LogP contribution in [0.5, 0.6) is 0 Å². The van der Waals surface area contributed by atoms with Crippen molar-refractivity contribution < 1.29 is 4.39 Å². The quantitative estimate of drug-likeness (QED) is 0.947. The van der Waals surface area contributed by atoms with Gasteiger partial charge in [0, 0.05) is 23.4 Å². The molecule has 0 atom stereocenters. The van der Waals surface area contributed by atoms with Gasteiger partial charge in [0.05, 0.1) is 0 Å². The van der Waals surface area contributed by atoms with E-state index in [9.17, 15) is 4.39 Å². The SMILES string of the molecule is N#Cc1nccnc1NCc1cc(F)ccc1Br. The van der Waals surface area contributed by atoms with Crippen LogP contribution < -0.4 is 5.32 Å². The van der Waals surface area contributed by atoms with E-state index in [2.05, 4.69) is 31.2 Å². The second-order valence-corrected chi connectivity index (χ2v) is 4.31. The highest BCUT2D eigenvalue weighted by Crippen LogP contribution is 2.19. The second kappa shape index (κ2) is 5.56. The fraction of sp³-hybridized carbons (Fsp3) is 0.0833. The fourth-order valence-electron chi connectivity index (χ4n) is 1.41.